The molecule has 0 aromatic carbocycles. The first kappa shape index (κ1) is 27.7. The van der Waals surface area contributed by atoms with Gasteiger partial charge in [-0.05, 0) is 66.6 Å². The second-order valence-electron chi connectivity index (χ2n) is 7.37. The van der Waals surface area contributed by atoms with Gasteiger partial charge in [0.1, 0.15) is 6.04 Å². The molecule has 0 bridgehead atoms. The smallest absolute Gasteiger partial charge is 0.464 e. The summed E-state index contributed by atoms with van der Waals surface area (Å²) in [5.74, 6) is -0.138. The van der Waals surface area contributed by atoms with E-state index in [-0.39, 0.29) is 12.0 Å². The molecule has 0 aliphatic carbocycles. The molecule has 0 saturated carbocycles. The maximum Gasteiger partial charge on any atom is 0.501 e. The van der Waals surface area contributed by atoms with E-state index in [1.54, 1.807) is 0 Å². The molecule has 10 heteroatoms. The minimum absolute atomic E-state index is 0.107. The molecule has 1 fully saturated rings. The summed E-state index contributed by atoms with van der Waals surface area (Å²) in [6, 6.07) is 1.48. The Hall–Kier alpha value is -0.336. The first-order valence-corrected chi connectivity index (χ1v) is 15.9. The lowest BCUT2D eigenvalue weighted by molar-refractivity contribution is -0.144. The van der Waals surface area contributed by atoms with Crippen molar-refractivity contribution in [3.05, 3.63) is 0 Å². The van der Waals surface area contributed by atoms with Crippen LogP contribution in [-0.4, -0.2) is 87.0 Å². The molecule has 0 spiro atoms. The third-order valence-corrected chi connectivity index (χ3v) is 11.1. The van der Waals surface area contributed by atoms with Gasteiger partial charge in [-0.3, -0.25) is 9.69 Å². The van der Waals surface area contributed by atoms with Gasteiger partial charge in [-0.2, -0.15) is 0 Å². The highest BCUT2D eigenvalue weighted by Gasteiger charge is 2.43. The summed E-state index contributed by atoms with van der Waals surface area (Å²) in [6.07, 6.45) is 1.65. The van der Waals surface area contributed by atoms with Gasteiger partial charge >= 0.3 is 23.3 Å². The van der Waals surface area contributed by atoms with Crippen molar-refractivity contribution >= 4 is 23.3 Å². The van der Waals surface area contributed by atoms with E-state index >= 15 is 0 Å². The molecule has 8 nitrogen and oxygen atoms in total. The summed E-state index contributed by atoms with van der Waals surface area (Å²) >= 11 is 0. The highest BCUT2D eigenvalue weighted by Crippen LogP contribution is 2.23. The SMILES string of the molecule is CCO[Si](C)(CCCN1CC1C(=O)OCCC[Si](OCC)(OCC)OCC)OCC. The van der Waals surface area contributed by atoms with Gasteiger partial charge in [0.25, 0.3) is 0 Å². The normalized spacial score (nSPS) is 19.1. The summed E-state index contributed by atoms with van der Waals surface area (Å²) in [5, 5.41) is 0. The van der Waals surface area contributed by atoms with Crippen LogP contribution in [0.3, 0.4) is 0 Å². The van der Waals surface area contributed by atoms with Crippen LogP contribution in [-0.2, 0) is 31.7 Å². The van der Waals surface area contributed by atoms with Crippen LogP contribution in [0.4, 0.5) is 0 Å². The van der Waals surface area contributed by atoms with Gasteiger partial charge in [0.05, 0.1) is 6.61 Å². The quantitative estimate of drug-likeness (QED) is 0.125. The molecule has 0 amide bonds. The van der Waals surface area contributed by atoms with E-state index in [1.807, 2.05) is 34.6 Å². The van der Waals surface area contributed by atoms with Gasteiger partial charge in [0.15, 0.2) is 0 Å². The standard InChI is InChI=1S/C20H43NO7Si2/c1-7-24-29(6,25-8-2)16-12-14-21-18-19(21)20(22)23-15-13-17-30(26-9-3,27-10-4)28-11-5/h19H,7-18H2,1-6H3. The Bertz CT molecular complexity index is 461. The summed E-state index contributed by atoms with van der Waals surface area (Å²) in [4.78, 5) is 14.4. The predicted molar refractivity (Wildman–Crippen MR) is 121 cm³/mol. The highest BCUT2D eigenvalue weighted by atomic mass is 28.4. The molecule has 1 aliphatic rings. The largest absolute Gasteiger partial charge is 0.501 e. The highest BCUT2D eigenvalue weighted by molar-refractivity contribution is 6.66. The van der Waals surface area contributed by atoms with Crippen molar-refractivity contribution in [1.82, 2.24) is 4.90 Å². The number of carbonyl (C=O) groups excluding carboxylic acids is 1. The lowest BCUT2D eigenvalue weighted by atomic mass is 10.4. The van der Waals surface area contributed by atoms with Crippen LogP contribution in [0.25, 0.3) is 0 Å². The Morgan fingerprint density at radius 1 is 0.833 bits per heavy atom. The van der Waals surface area contributed by atoms with Crippen LogP contribution in [0.5, 0.6) is 0 Å². The number of hydrogen-bond donors (Lipinski definition) is 0. The molecule has 178 valence electrons. The van der Waals surface area contributed by atoms with Crippen LogP contribution in [0.2, 0.25) is 18.6 Å². The van der Waals surface area contributed by atoms with Gasteiger partial charge in [-0.15, -0.1) is 0 Å². The van der Waals surface area contributed by atoms with E-state index < -0.39 is 17.4 Å². The molecule has 0 aromatic heterocycles. The van der Waals surface area contributed by atoms with Gasteiger partial charge in [0.2, 0.25) is 0 Å². The van der Waals surface area contributed by atoms with Gasteiger partial charge < -0.3 is 26.9 Å². The Kier molecular flexibility index (Phi) is 13.5. The van der Waals surface area contributed by atoms with Crippen molar-refractivity contribution in [3.8, 4) is 0 Å². The predicted octanol–water partition coefficient (Wildman–Crippen LogP) is 3.19. The maximum absolute atomic E-state index is 12.3. The lowest BCUT2D eigenvalue weighted by Gasteiger charge is -2.28. The third-order valence-electron chi connectivity index (χ3n) is 4.93. The molecule has 1 aliphatic heterocycles. The van der Waals surface area contributed by atoms with Crippen molar-refractivity contribution < 1.29 is 31.7 Å². The maximum atomic E-state index is 12.3. The fourth-order valence-electron chi connectivity index (χ4n) is 3.60. The van der Waals surface area contributed by atoms with Crippen molar-refractivity contribution in [2.24, 2.45) is 0 Å². The average Bonchev–Trinajstić information content (AvgIpc) is 3.46. The Balaban J connectivity index is 2.28. The molecule has 1 saturated heterocycles. The topological polar surface area (TPSA) is 75.5 Å². The van der Waals surface area contributed by atoms with E-state index in [2.05, 4.69) is 11.4 Å². The fourth-order valence-corrected chi connectivity index (χ4v) is 8.58. The molecule has 30 heavy (non-hydrogen) atoms. The number of carbonyl (C=O) groups is 1. The van der Waals surface area contributed by atoms with Crippen LogP contribution in [0.15, 0.2) is 0 Å². The third kappa shape index (κ3) is 9.86. The van der Waals surface area contributed by atoms with Crippen LogP contribution in [0.1, 0.15) is 47.5 Å². The minimum Gasteiger partial charge on any atom is -0.464 e. The van der Waals surface area contributed by atoms with Crippen molar-refractivity contribution in [2.75, 3.05) is 52.7 Å². The average molecular weight is 466 g/mol. The van der Waals surface area contributed by atoms with Crippen molar-refractivity contribution in [3.63, 3.8) is 0 Å². The van der Waals surface area contributed by atoms with Gasteiger partial charge in [-0.1, -0.05) is 0 Å². The van der Waals surface area contributed by atoms with E-state index in [0.717, 1.165) is 25.6 Å². The molecule has 2 atom stereocenters. The van der Waals surface area contributed by atoms with Crippen LogP contribution >= 0.6 is 0 Å². The number of hydrogen-bond acceptors (Lipinski definition) is 8. The Morgan fingerprint density at radius 2 is 1.37 bits per heavy atom. The van der Waals surface area contributed by atoms with E-state index in [4.69, 9.17) is 26.9 Å². The number of nitrogens with zero attached hydrogens (tertiary/aromatic N) is 1. The zero-order valence-electron chi connectivity index (χ0n) is 19.9. The lowest BCUT2D eigenvalue weighted by Crippen LogP contribution is -2.46. The van der Waals surface area contributed by atoms with E-state index in [0.29, 0.717) is 52.1 Å². The molecule has 2 unspecified atom stereocenters. The molecule has 1 heterocycles. The Labute approximate surface area is 185 Å². The molecule has 0 radical (unpaired) electrons. The van der Waals surface area contributed by atoms with Crippen molar-refractivity contribution in [2.45, 2.75) is 72.1 Å². The van der Waals surface area contributed by atoms with E-state index in [1.165, 1.54) is 0 Å². The zero-order valence-corrected chi connectivity index (χ0v) is 21.9. The minimum atomic E-state index is -2.66. The van der Waals surface area contributed by atoms with E-state index in [9.17, 15) is 4.79 Å². The second-order valence-corrected chi connectivity index (χ2v) is 13.4. The number of ether oxygens (including phenoxy) is 1. The van der Waals surface area contributed by atoms with Crippen LogP contribution < -0.4 is 0 Å². The van der Waals surface area contributed by atoms with Gasteiger partial charge in [0, 0.05) is 45.6 Å². The zero-order chi connectivity index (χ0) is 22.5. The monoisotopic (exact) mass is 465 g/mol. The summed E-state index contributed by atoms with van der Waals surface area (Å²) in [5.41, 5.74) is 0. The van der Waals surface area contributed by atoms with Crippen LogP contribution in [0, 0.1) is 0 Å². The first-order valence-electron chi connectivity index (χ1n) is 11.5. The molecular weight excluding hydrogens is 422 g/mol. The Morgan fingerprint density at radius 3 is 1.87 bits per heavy atom. The number of esters is 1. The number of rotatable bonds is 19. The summed E-state index contributed by atoms with van der Waals surface area (Å²) in [6.45, 7) is 17.0. The molecule has 0 N–H and O–H groups in total. The first-order chi connectivity index (χ1) is 14.4. The summed E-state index contributed by atoms with van der Waals surface area (Å²) < 4.78 is 34.7. The summed E-state index contributed by atoms with van der Waals surface area (Å²) in [7, 11) is -4.74. The van der Waals surface area contributed by atoms with Gasteiger partial charge in [-0.25, -0.2) is 0 Å². The second kappa shape index (κ2) is 14.7. The molecule has 0 aromatic rings. The van der Waals surface area contributed by atoms with Crippen molar-refractivity contribution in [1.29, 1.82) is 0 Å². The molecule has 1 rings (SSSR count). The fraction of sp³-hybridized carbons (Fsp3) is 0.950. The molecular formula is C20H43NO7Si2.